The Hall–Kier alpha value is -2.76. The second-order valence-electron chi connectivity index (χ2n) is 7.58. The van der Waals surface area contributed by atoms with E-state index in [1.165, 1.54) is 28.7 Å². The molecular formula is C20H18N2O4. The number of anilines is 1. The molecule has 1 unspecified atom stereocenters. The lowest BCUT2D eigenvalue weighted by atomic mass is 9.85. The molecule has 2 amide bonds. The van der Waals surface area contributed by atoms with E-state index in [2.05, 4.69) is 18.2 Å². The number of carbonyl (C=O) groups excluding carboxylic acids is 2. The molecular weight excluding hydrogens is 332 g/mol. The lowest BCUT2D eigenvalue weighted by molar-refractivity contribution is -0.384. The van der Waals surface area contributed by atoms with Crippen LogP contribution in [0.4, 0.5) is 11.4 Å². The van der Waals surface area contributed by atoms with Crippen molar-refractivity contribution in [3.63, 3.8) is 0 Å². The third-order valence-corrected chi connectivity index (χ3v) is 6.42. The summed E-state index contributed by atoms with van der Waals surface area (Å²) in [6.45, 7) is 0. The molecule has 2 fully saturated rings. The number of imide groups is 1. The van der Waals surface area contributed by atoms with Gasteiger partial charge in [-0.2, -0.15) is 0 Å². The zero-order chi connectivity index (χ0) is 18.0. The van der Waals surface area contributed by atoms with Crippen molar-refractivity contribution in [3.05, 3.63) is 58.2 Å². The maximum absolute atomic E-state index is 13.1. The van der Waals surface area contributed by atoms with Gasteiger partial charge in [0, 0.05) is 12.1 Å². The Morgan fingerprint density at radius 1 is 1.04 bits per heavy atom. The fourth-order valence-electron chi connectivity index (χ4n) is 5.45. The molecule has 6 heteroatoms. The number of fused-ring (bicyclic) bond motifs is 5. The first-order valence-corrected chi connectivity index (χ1v) is 9.07. The zero-order valence-electron chi connectivity index (χ0n) is 14.1. The molecule has 5 atom stereocenters. The number of hydrogen-bond donors (Lipinski definition) is 0. The molecule has 3 aliphatic carbocycles. The lowest BCUT2D eigenvalue weighted by Gasteiger charge is -2.23. The van der Waals surface area contributed by atoms with Crippen LogP contribution < -0.4 is 4.90 Å². The molecule has 1 aromatic carbocycles. The number of carbonyl (C=O) groups is 2. The number of nitro groups is 1. The molecule has 2 bridgehead atoms. The molecule has 26 heavy (non-hydrogen) atoms. The molecule has 1 aliphatic heterocycles. The summed E-state index contributed by atoms with van der Waals surface area (Å²) in [5.74, 6) is -0.634. The van der Waals surface area contributed by atoms with Crippen LogP contribution in [-0.2, 0) is 9.59 Å². The summed E-state index contributed by atoms with van der Waals surface area (Å²) >= 11 is 0. The Labute approximate surface area is 150 Å². The fraction of sp³-hybridized carbons (Fsp3) is 0.400. The largest absolute Gasteiger partial charge is 0.274 e. The number of hydrogen-bond acceptors (Lipinski definition) is 4. The van der Waals surface area contributed by atoms with Gasteiger partial charge in [-0.3, -0.25) is 19.7 Å². The second-order valence-corrected chi connectivity index (χ2v) is 7.58. The quantitative estimate of drug-likeness (QED) is 0.363. The van der Waals surface area contributed by atoms with E-state index >= 15 is 0 Å². The minimum atomic E-state index is -0.511. The normalized spacial score (nSPS) is 34.5. The van der Waals surface area contributed by atoms with Crippen LogP contribution in [0.1, 0.15) is 19.3 Å². The van der Waals surface area contributed by atoms with Crippen LogP contribution >= 0.6 is 0 Å². The van der Waals surface area contributed by atoms with Crippen molar-refractivity contribution >= 4 is 23.2 Å². The third kappa shape index (κ3) is 1.92. The Bertz CT molecular complexity index is 871. The van der Waals surface area contributed by atoms with E-state index in [1.807, 2.05) is 0 Å². The van der Waals surface area contributed by atoms with Gasteiger partial charge >= 0.3 is 0 Å². The minimum Gasteiger partial charge on any atom is -0.274 e. The van der Waals surface area contributed by atoms with Gasteiger partial charge < -0.3 is 0 Å². The first-order chi connectivity index (χ1) is 12.6. The Balaban J connectivity index is 1.50. The molecule has 1 saturated carbocycles. The topological polar surface area (TPSA) is 80.5 Å². The second kappa shape index (κ2) is 5.37. The molecule has 6 nitrogen and oxygen atoms in total. The average molecular weight is 350 g/mol. The zero-order valence-corrected chi connectivity index (χ0v) is 14.1. The summed E-state index contributed by atoms with van der Waals surface area (Å²) in [7, 11) is 0. The van der Waals surface area contributed by atoms with Crippen LogP contribution in [0, 0.1) is 39.7 Å². The molecule has 0 aromatic heterocycles. The van der Waals surface area contributed by atoms with Crippen molar-refractivity contribution < 1.29 is 14.5 Å². The van der Waals surface area contributed by atoms with Crippen LogP contribution in [0.25, 0.3) is 0 Å². The minimum absolute atomic E-state index is 0.0782. The van der Waals surface area contributed by atoms with Gasteiger partial charge in [0.05, 0.1) is 22.4 Å². The SMILES string of the molecule is O=C1[C@@H]2[C@H](C(=O)N1c1cccc([N+](=O)[O-])c1)[C@@H]1C=C[C@H]2C1C1=CCCC1. The Morgan fingerprint density at radius 2 is 1.73 bits per heavy atom. The van der Waals surface area contributed by atoms with E-state index in [9.17, 15) is 19.7 Å². The molecule has 0 spiro atoms. The molecule has 132 valence electrons. The number of non-ortho nitro benzene ring substituents is 1. The van der Waals surface area contributed by atoms with Crippen LogP contribution in [0.2, 0.25) is 0 Å². The van der Waals surface area contributed by atoms with Crippen molar-refractivity contribution in [1.29, 1.82) is 0 Å². The Morgan fingerprint density at radius 3 is 2.31 bits per heavy atom. The highest BCUT2D eigenvalue weighted by atomic mass is 16.6. The first kappa shape index (κ1) is 15.5. The van der Waals surface area contributed by atoms with Gasteiger partial charge in [-0.25, -0.2) is 4.90 Å². The van der Waals surface area contributed by atoms with Gasteiger partial charge in [0.15, 0.2) is 0 Å². The highest BCUT2D eigenvalue weighted by Gasteiger charge is 2.64. The van der Waals surface area contributed by atoms with Gasteiger partial charge in [0.2, 0.25) is 11.8 Å². The predicted molar refractivity (Wildman–Crippen MR) is 94.1 cm³/mol. The van der Waals surface area contributed by atoms with Crippen LogP contribution in [0.15, 0.2) is 48.1 Å². The van der Waals surface area contributed by atoms with E-state index < -0.39 is 4.92 Å². The maximum atomic E-state index is 13.1. The molecule has 1 heterocycles. The number of benzene rings is 1. The number of amides is 2. The summed E-state index contributed by atoms with van der Waals surface area (Å²) in [6.07, 6.45) is 9.81. The van der Waals surface area contributed by atoms with Gasteiger partial charge in [0.25, 0.3) is 5.69 Å². The molecule has 0 radical (unpaired) electrons. The van der Waals surface area contributed by atoms with E-state index in [1.54, 1.807) is 6.07 Å². The molecule has 0 N–H and O–H groups in total. The van der Waals surface area contributed by atoms with Crippen LogP contribution in [-0.4, -0.2) is 16.7 Å². The highest BCUT2D eigenvalue weighted by molar-refractivity contribution is 6.23. The molecule has 5 rings (SSSR count). The van der Waals surface area contributed by atoms with Gasteiger partial charge in [-0.1, -0.05) is 29.9 Å². The van der Waals surface area contributed by atoms with Gasteiger partial charge in [-0.15, -0.1) is 0 Å². The fourth-order valence-corrected chi connectivity index (χ4v) is 5.45. The first-order valence-electron chi connectivity index (χ1n) is 9.07. The summed E-state index contributed by atoms with van der Waals surface area (Å²) in [6, 6.07) is 5.78. The number of rotatable bonds is 3. The highest BCUT2D eigenvalue weighted by Crippen LogP contribution is 2.59. The van der Waals surface area contributed by atoms with Crippen molar-refractivity contribution in [1.82, 2.24) is 0 Å². The summed E-state index contributed by atoms with van der Waals surface area (Å²) < 4.78 is 0. The van der Waals surface area contributed by atoms with Crippen molar-refractivity contribution in [2.75, 3.05) is 4.90 Å². The van der Waals surface area contributed by atoms with E-state index in [0.717, 1.165) is 19.3 Å². The lowest BCUT2D eigenvalue weighted by Crippen LogP contribution is -2.34. The summed E-state index contributed by atoms with van der Waals surface area (Å²) in [5.41, 5.74) is 1.59. The monoisotopic (exact) mass is 350 g/mol. The molecule has 4 aliphatic rings. The van der Waals surface area contributed by atoms with Gasteiger partial charge in [-0.05, 0) is 43.1 Å². The van der Waals surface area contributed by atoms with Crippen LogP contribution in [0.3, 0.4) is 0 Å². The standard InChI is InChI=1S/C20H18N2O4/c23-19-17-14-8-9-15(16(14)11-4-1-2-5-11)18(17)20(24)21(19)12-6-3-7-13(10-12)22(25)26/h3-4,6-10,14-18H,1-2,5H2/t14-,15+,16?,17-,18+. The smallest absolute Gasteiger partial charge is 0.271 e. The van der Waals surface area contributed by atoms with E-state index in [4.69, 9.17) is 0 Å². The number of nitro benzene ring substituents is 1. The average Bonchev–Trinajstić information content (AvgIpc) is 3.38. The van der Waals surface area contributed by atoms with Crippen molar-refractivity contribution in [3.8, 4) is 0 Å². The van der Waals surface area contributed by atoms with Crippen LogP contribution in [0.5, 0.6) is 0 Å². The maximum Gasteiger partial charge on any atom is 0.271 e. The van der Waals surface area contributed by atoms with Gasteiger partial charge in [0.1, 0.15) is 0 Å². The summed E-state index contributed by atoms with van der Waals surface area (Å²) in [5, 5.41) is 11.0. The van der Waals surface area contributed by atoms with Crippen molar-refractivity contribution in [2.24, 2.45) is 29.6 Å². The van der Waals surface area contributed by atoms with E-state index in [-0.39, 0.29) is 47.1 Å². The molecule has 1 saturated heterocycles. The van der Waals surface area contributed by atoms with E-state index in [0.29, 0.717) is 5.69 Å². The third-order valence-electron chi connectivity index (χ3n) is 6.42. The Kier molecular flexibility index (Phi) is 3.20. The number of nitrogens with zero attached hydrogens (tertiary/aromatic N) is 2. The molecule has 1 aromatic rings. The number of allylic oxidation sites excluding steroid dienone is 4. The van der Waals surface area contributed by atoms with Crippen molar-refractivity contribution in [2.45, 2.75) is 19.3 Å². The summed E-state index contributed by atoms with van der Waals surface area (Å²) in [4.78, 5) is 37.9. The predicted octanol–water partition coefficient (Wildman–Crippen LogP) is 3.24.